The molecule has 0 aliphatic carbocycles. The molecule has 4 atom stereocenters. The number of ether oxygens (including phenoxy) is 1. The Kier molecular flexibility index (Phi) is 5.16. The second-order valence-corrected chi connectivity index (χ2v) is 7.18. The molecule has 1 unspecified atom stereocenters. The number of aliphatic hydroxyl groups excluding tert-OH is 1. The molecule has 22 heavy (non-hydrogen) atoms. The van der Waals surface area contributed by atoms with E-state index in [9.17, 15) is 5.11 Å². The highest BCUT2D eigenvalue weighted by Crippen LogP contribution is 2.22. The summed E-state index contributed by atoms with van der Waals surface area (Å²) in [5, 5.41) is 25.6. The van der Waals surface area contributed by atoms with E-state index in [1.54, 1.807) is 4.68 Å². The Morgan fingerprint density at radius 2 is 2.09 bits per heavy atom. The zero-order valence-corrected chi connectivity index (χ0v) is 14.3. The monoisotopic (exact) mass is 312 g/mol. The summed E-state index contributed by atoms with van der Waals surface area (Å²) in [7, 11) is 3.95. The lowest BCUT2D eigenvalue weighted by Crippen LogP contribution is -2.58. The lowest BCUT2D eigenvalue weighted by Gasteiger charge is -2.41. The van der Waals surface area contributed by atoms with Crippen molar-refractivity contribution < 1.29 is 9.84 Å². The molecule has 2 rings (SSSR count). The molecule has 1 aliphatic heterocycles. The van der Waals surface area contributed by atoms with Gasteiger partial charge in [0.1, 0.15) is 12.3 Å². The van der Waals surface area contributed by atoms with Gasteiger partial charge >= 0.3 is 0 Å². The maximum Gasteiger partial charge on any atom is 0.165 e. The average Bonchev–Trinajstić information content (AvgIpc) is 2.87. The van der Waals surface area contributed by atoms with Crippen molar-refractivity contribution in [3.8, 4) is 0 Å². The molecule has 0 saturated carbocycles. The van der Waals surface area contributed by atoms with Gasteiger partial charge in [0.05, 0.1) is 18.2 Å². The summed E-state index contributed by atoms with van der Waals surface area (Å²) in [6.45, 7) is 8.60. The quantitative estimate of drug-likeness (QED) is 0.805. The molecule has 8 heteroatoms. The summed E-state index contributed by atoms with van der Waals surface area (Å²) < 4.78 is 7.62. The molecular weight excluding hydrogens is 284 g/mol. The summed E-state index contributed by atoms with van der Waals surface area (Å²) in [6.07, 6.45) is -0.121. The van der Waals surface area contributed by atoms with Crippen LogP contribution in [0.2, 0.25) is 0 Å². The van der Waals surface area contributed by atoms with Gasteiger partial charge in [0, 0.05) is 6.04 Å². The summed E-state index contributed by atoms with van der Waals surface area (Å²) >= 11 is 0. The van der Waals surface area contributed by atoms with Gasteiger partial charge in [-0.05, 0) is 58.6 Å². The largest absolute Gasteiger partial charge is 0.387 e. The van der Waals surface area contributed by atoms with E-state index < -0.39 is 12.3 Å². The molecule has 2 N–H and O–H groups in total. The van der Waals surface area contributed by atoms with Gasteiger partial charge in [-0.2, -0.15) is 0 Å². The second kappa shape index (κ2) is 6.57. The van der Waals surface area contributed by atoms with Crippen LogP contribution in [0.25, 0.3) is 0 Å². The first kappa shape index (κ1) is 17.3. The van der Waals surface area contributed by atoms with Gasteiger partial charge in [0.2, 0.25) is 0 Å². The van der Waals surface area contributed by atoms with Gasteiger partial charge < -0.3 is 14.7 Å². The topological polar surface area (TPSA) is 88.3 Å². The number of tetrazole rings is 1. The number of nitrogens with zero attached hydrogens (tertiary/aromatic N) is 5. The molecule has 1 aromatic rings. The van der Waals surface area contributed by atoms with Crippen LogP contribution in [0.5, 0.6) is 0 Å². The predicted molar refractivity (Wildman–Crippen MR) is 82.1 cm³/mol. The smallest absolute Gasteiger partial charge is 0.165 e. The van der Waals surface area contributed by atoms with Crippen molar-refractivity contribution in [3.63, 3.8) is 0 Å². The molecule has 8 nitrogen and oxygen atoms in total. The van der Waals surface area contributed by atoms with E-state index in [4.69, 9.17) is 4.74 Å². The van der Waals surface area contributed by atoms with Gasteiger partial charge in [0.15, 0.2) is 5.82 Å². The minimum Gasteiger partial charge on any atom is -0.387 e. The third kappa shape index (κ3) is 3.81. The maximum atomic E-state index is 10.5. The molecule has 0 bridgehead atoms. The van der Waals surface area contributed by atoms with Crippen LogP contribution in [0, 0.1) is 0 Å². The molecule has 1 fully saturated rings. The van der Waals surface area contributed by atoms with Gasteiger partial charge in [-0.1, -0.05) is 0 Å². The van der Waals surface area contributed by atoms with Crippen LogP contribution in [0.15, 0.2) is 0 Å². The van der Waals surface area contributed by atoms with Crippen molar-refractivity contribution in [1.29, 1.82) is 0 Å². The number of hydrogen-bond acceptors (Lipinski definition) is 7. The lowest BCUT2D eigenvalue weighted by molar-refractivity contribution is -0.155. The van der Waals surface area contributed by atoms with Crippen LogP contribution in [0.3, 0.4) is 0 Å². The Labute approximate surface area is 131 Å². The lowest BCUT2D eigenvalue weighted by atomic mass is 9.98. The average molecular weight is 312 g/mol. The van der Waals surface area contributed by atoms with E-state index >= 15 is 0 Å². The van der Waals surface area contributed by atoms with Gasteiger partial charge in [-0.15, -0.1) is 5.10 Å². The minimum absolute atomic E-state index is 0.0693. The maximum absolute atomic E-state index is 10.5. The first-order valence-electron chi connectivity index (χ1n) is 7.71. The van der Waals surface area contributed by atoms with Crippen LogP contribution < -0.4 is 5.32 Å². The summed E-state index contributed by atoms with van der Waals surface area (Å²) in [5.41, 5.74) is -0.188. The number of aromatic nitrogens is 4. The van der Waals surface area contributed by atoms with Crippen LogP contribution in [0.1, 0.15) is 39.9 Å². The molecular formula is C14H28N6O2. The Balaban J connectivity index is 2.03. The van der Waals surface area contributed by atoms with Gasteiger partial charge in [-0.3, -0.25) is 5.32 Å². The van der Waals surface area contributed by atoms with E-state index in [1.807, 2.05) is 46.7 Å². The normalized spacial score (nSPS) is 30.0. The first-order chi connectivity index (χ1) is 10.2. The minimum atomic E-state index is -0.592. The van der Waals surface area contributed by atoms with E-state index in [0.717, 1.165) is 12.2 Å². The predicted octanol–water partition coefficient (Wildman–Crippen LogP) is -0.0563. The molecule has 0 spiro atoms. The highest BCUT2D eigenvalue weighted by molar-refractivity contribution is 4.91. The first-order valence-corrected chi connectivity index (χ1v) is 7.71. The SMILES string of the molecule is C[C@@H]1C[C@H](N(C)C)[C@@H](O)C(NCc2nnnn2C(C)(C)C)O1. The van der Waals surface area contributed by atoms with Crippen molar-refractivity contribution in [1.82, 2.24) is 30.4 Å². The number of aliphatic hydroxyl groups is 1. The zero-order chi connectivity index (χ0) is 16.5. The van der Waals surface area contributed by atoms with Crippen molar-refractivity contribution in [3.05, 3.63) is 5.82 Å². The standard InChI is InChI=1S/C14H28N6O2/c1-9-7-10(19(5)6)12(21)13(22-9)15-8-11-16-17-18-20(11)14(2,3)4/h9-10,12-13,15,21H,7-8H2,1-6H3/t9-,10+,12-,13?/m1/s1. The molecule has 0 aromatic carbocycles. The van der Waals surface area contributed by atoms with Crippen molar-refractivity contribution >= 4 is 0 Å². The van der Waals surface area contributed by atoms with Gasteiger partial charge in [0.25, 0.3) is 0 Å². The molecule has 1 aromatic heterocycles. The van der Waals surface area contributed by atoms with Crippen LogP contribution in [0.4, 0.5) is 0 Å². The Hall–Kier alpha value is -1.09. The molecule has 0 amide bonds. The highest BCUT2D eigenvalue weighted by Gasteiger charge is 2.37. The van der Waals surface area contributed by atoms with Crippen molar-refractivity contribution in [2.75, 3.05) is 14.1 Å². The van der Waals surface area contributed by atoms with Crippen molar-refractivity contribution in [2.24, 2.45) is 0 Å². The number of hydrogen-bond donors (Lipinski definition) is 2. The number of likely N-dealkylation sites (N-methyl/N-ethyl adjacent to an activating group) is 1. The Morgan fingerprint density at radius 1 is 1.41 bits per heavy atom. The van der Waals surface area contributed by atoms with Crippen LogP contribution in [-0.4, -0.2) is 68.8 Å². The number of nitrogens with one attached hydrogen (secondary N) is 1. The molecule has 126 valence electrons. The molecule has 1 aliphatic rings. The fourth-order valence-corrected chi connectivity index (χ4v) is 2.78. The zero-order valence-electron chi connectivity index (χ0n) is 14.3. The van der Waals surface area contributed by atoms with E-state index in [1.165, 1.54) is 0 Å². The summed E-state index contributed by atoms with van der Waals surface area (Å²) in [6, 6.07) is 0.0693. The molecule has 1 saturated heterocycles. The van der Waals surface area contributed by atoms with E-state index in [0.29, 0.717) is 6.54 Å². The summed E-state index contributed by atoms with van der Waals surface area (Å²) in [5.74, 6) is 0.725. The third-order valence-electron chi connectivity index (χ3n) is 3.95. The van der Waals surface area contributed by atoms with E-state index in [-0.39, 0.29) is 17.7 Å². The fraction of sp³-hybridized carbons (Fsp3) is 0.929. The Bertz CT molecular complexity index is 484. The molecule has 2 heterocycles. The van der Waals surface area contributed by atoms with Crippen LogP contribution in [-0.2, 0) is 16.8 Å². The summed E-state index contributed by atoms with van der Waals surface area (Å²) in [4.78, 5) is 2.04. The fourth-order valence-electron chi connectivity index (χ4n) is 2.78. The second-order valence-electron chi connectivity index (χ2n) is 7.18. The Morgan fingerprint density at radius 3 is 2.68 bits per heavy atom. The van der Waals surface area contributed by atoms with E-state index in [2.05, 4.69) is 20.8 Å². The number of rotatable bonds is 4. The molecule has 0 radical (unpaired) electrons. The van der Waals surface area contributed by atoms with Gasteiger partial charge in [-0.25, -0.2) is 4.68 Å². The third-order valence-corrected chi connectivity index (χ3v) is 3.95. The highest BCUT2D eigenvalue weighted by atomic mass is 16.5. The van der Waals surface area contributed by atoms with Crippen molar-refractivity contribution in [2.45, 2.75) is 70.7 Å². The van der Waals surface area contributed by atoms with Crippen LogP contribution >= 0.6 is 0 Å².